The third-order valence-electron chi connectivity index (χ3n) is 3.20. The van der Waals surface area contributed by atoms with Gasteiger partial charge in [-0.25, -0.2) is 4.98 Å². The van der Waals surface area contributed by atoms with Crippen molar-refractivity contribution in [1.82, 2.24) is 14.8 Å². The topological polar surface area (TPSA) is 39.9 Å². The lowest BCUT2D eigenvalue weighted by Gasteiger charge is -2.06. The molecule has 0 aliphatic carbocycles. The smallest absolute Gasteiger partial charge is 0.373 e. The Balaban J connectivity index is 2.09. The average molecular weight is 313 g/mol. The van der Waals surface area contributed by atoms with Crippen LogP contribution in [0.4, 0.5) is 13.2 Å². The standard InChI is InChI=1S/C15H18F3N3O/c1-3-4-9-22-10-13-19-14(20-21(13)2)11-5-7-12(8-6-11)15(16,17)18/h5-8H,3-4,9-10H2,1-2H3. The molecule has 1 aromatic heterocycles. The Hall–Kier alpha value is -1.89. The van der Waals surface area contributed by atoms with Gasteiger partial charge in [-0.15, -0.1) is 0 Å². The van der Waals surface area contributed by atoms with Crippen molar-refractivity contribution in [2.24, 2.45) is 7.05 Å². The Morgan fingerprint density at radius 1 is 1.18 bits per heavy atom. The second kappa shape index (κ2) is 6.91. The Morgan fingerprint density at radius 3 is 2.45 bits per heavy atom. The quantitative estimate of drug-likeness (QED) is 0.761. The highest BCUT2D eigenvalue weighted by atomic mass is 19.4. The van der Waals surface area contributed by atoms with Crippen LogP contribution < -0.4 is 0 Å². The van der Waals surface area contributed by atoms with Crippen LogP contribution in [0.2, 0.25) is 0 Å². The van der Waals surface area contributed by atoms with E-state index in [1.807, 2.05) is 0 Å². The van der Waals surface area contributed by atoms with Crippen molar-refractivity contribution < 1.29 is 17.9 Å². The molecule has 2 rings (SSSR count). The fourth-order valence-corrected chi connectivity index (χ4v) is 1.88. The number of ether oxygens (including phenoxy) is 1. The van der Waals surface area contributed by atoms with Crippen LogP contribution in [0.1, 0.15) is 31.2 Å². The van der Waals surface area contributed by atoms with E-state index in [9.17, 15) is 13.2 Å². The van der Waals surface area contributed by atoms with Crippen LogP contribution in [0.3, 0.4) is 0 Å². The lowest BCUT2D eigenvalue weighted by Crippen LogP contribution is -2.04. The summed E-state index contributed by atoms with van der Waals surface area (Å²) in [5, 5.41) is 4.22. The van der Waals surface area contributed by atoms with Gasteiger partial charge >= 0.3 is 6.18 Å². The number of nitrogens with zero attached hydrogens (tertiary/aromatic N) is 3. The SMILES string of the molecule is CCCCOCc1nc(-c2ccc(C(F)(F)F)cc2)nn1C. The maximum absolute atomic E-state index is 12.5. The highest BCUT2D eigenvalue weighted by Gasteiger charge is 2.30. The molecule has 0 N–H and O–H groups in total. The summed E-state index contributed by atoms with van der Waals surface area (Å²) < 4.78 is 44.7. The third kappa shape index (κ3) is 4.07. The van der Waals surface area contributed by atoms with E-state index in [0.29, 0.717) is 30.4 Å². The van der Waals surface area contributed by atoms with Crippen molar-refractivity contribution in [3.8, 4) is 11.4 Å². The molecule has 0 radical (unpaired) electrons. The lowest BCUT2D eigenvalue weighted by atomic mass is 10.1. The number of benzene rings is 1. The van der Waals surface area contributed by atoms with Gasteiger partial charge in [0, 0.05) is 19.2 Å². The first-order valence-electron chi connectivity index (χ1n) is 7.07. The molecule has 1 aromatic carbocycles. The summed E-state index contributed by atoms with van der Waals surface area (Å²) in [6.45, 7) is 3.07. The number of aryl methyl sites for hydroxylation is 1. The molecular formula is C15H18F3N3O. The van der Waals surface area contributed by atoms with Crippen LogP contribution in [-0.2, 0) is 24.6 Å². The minimum Gasteiger partial charge on any atom is -0.373 e. The predicted molar refractivity (Wildman–Crippen MR) is 76.0 cm³/mol. The molecule has 7 heteroatoms. The molecule has 0 amide bonds. The summed E-state index contributed by atoms with van der Waals surface area (Å²) in [5.74, 6) is 1.04. The predicted octanol–water partition coefficient (Wildman–Crippen LogP) is 3.82. The third-order valence-corrected chi connectivity index (χ3v) is 3.20. The number of hydrogen-bond acceptors (Lipinski definition) is 3. The molecule has 4 nitrogen and oxygen atoms in total. The number of halogens is 3. The molecular weight excluding hydrogens is 295 g/mol. The zero-order valence-electron chi connectivity index (χ0n) is 12.5. The van der Waals surface area contributed by atoms with Gasteiger partial charge in [0.1, 0.15) is 6.61 Å². The zero-order valence-corrected chi connectivity index (χ0v) is 12.5. The Kier molecular flexibility index (Phi) is 5.18. The minimum absolute atomic E-state index is 0.337. The van der Waals surface area contributed by atoms with Gasteiger partial charge in [-0.05, 0) is 18.6 Å². The van der Waals surface area contributed by atoms with Crippen molar-refractivity contribution in [2.75, 3.05) is 6.61 Å². The van der Waals surface area contributed by atoms with Gasteiger partial charge < -0.3 is 4.74 Å². The first-order chi connectivity index (χ1) is 10.4. The number of rotatable bonds is 6. The normalized spacial score (nSPS) is 11.9. The largest absolute Gasteiger partial charge is 0.416 e. The molecule has 0 unspecified atom stereocenters. The van der Waals surface area contributed by atoms with E-state index < -0.39 is 11.7 Å². The highest BCUT2D eigenvalue weighted by Crippen LogP contribution is 2.30. The summed E-state index contributed by atoms with van der Waals surface area (Å²) in [6.07, 6.45) is -2.31. The molecule has 0 saturated heterocycles. The monoisotopic (exact) mass is 313 g/mol. The van der Waals surface area contributed by atoms with Crippen LogP contribution in [-0.4, -0.2) is 21.4 Å². The number of unbranched alkanes of at least 4 members (excludes halogenated alkanes) is 1. The molecule has 0 saturated carbocycles. The first-order valence-corrected chi connectivity index (χ1v) is 7.07. The number of hydrogen-bond donors (Lipinski definition) is 0. The molecule has 0 bridgehead atoms. The fraction of sp³-hybridized carbons (Fsp3) is 0.467. The molecule has 0 spiro atoms. The highest BCUT2D eigenvalue weighted by molar-refractivity contribution is 5.55. The van der Waals surface area contributed by atoms with Gasteiger partial charge in [0.15, 0.2) is 11.6 Å². The van der Waals surface area contributed by atoms with Crippen LogP contribution in [0.15, 0.2) is 24.3 Å². The second-order valence-electron chi connectivity index (χ2n) is 4.96. The number of alkyl halides is 3. The summed E-state index contributed by atoms with van der Waals surface area (Å²) >= 11 is 0. The summed E-state index contributed by atoms with van der Waals surface area (Å²) in [6, 6.07) is 4.81. The van der Waals surface area contributed by atoms with E-state index in [4.69, 9.17) is 4.74 Å². The van der Waals surface area contributed by atoms with E-state index in [-0.39, 0.29) is 0 Å². The molecule has 0 aliphatic heterocycles. The van der Waals surface area contributed by atoms with Crippen LogP contribution in [0.25, 0.3) is 11.4 Å². The summed E-state index contributed by atoms with van der Waals surface area (Å²) in [7, 11) is 1.74. The molecule has 1 heterocycles. The van der Waals surface area contributed by atoms with E-state index in [0.717, 1.165) is 25.0 Å². The number of aromatic nitrogens is 3. The van der Waals surface area contributed by atoms with Gasteiger partial charge in [-0.3, -0.25) is 4.68 Å². The minimum atomic E-state index is -4.34. The molecule has 0 atom stereocenters. The maximum atomic E-state index is 12.5. The lowest BCUT2D eigenvalue weighted by molar-refractivity contribution is -0.137. The van der Waals surface area contributed by atoms with E-state index in [1.54, 1.807) is 11.7 Å². The van der Waals surface area contributed by atoms with Crippen LogP contribution in [0.5, 0.6) is 0 Å². The zero-order chi connectivity index (χ0) is 16.2. The molecule has 0 aliphatic rings. The Bertz CT molecular complexity index is 605. The molecule has 2 aromatic rings. The second-order valence-corrected chi connectivity index (χ2v) is 4.96. The first kappa shape index (κ1) is 16.5. The van der Waals surface area contributed by atoms with Gasteiger partial charge in [0.2, 0.25) is 0 Å². The van der Waals surface area contributed by atoms with Crippen molar-refractivity contribution in [1.29, 1.82) is 0 Å². The van der Waals surface area contributed by atoms with Crippen molar-refractivity contribution in [3.05, 3.63) is 35.7 Å². The molecule has 120 valence electrons. The average Bonchev–Trinajstić information content (AvgIpc) is 2.84. The van der Waals surface area contributed by atoms with E-state index in [2.05, 4.69) is 17.0 Å². The van der Waals surface area contributed by atoms with Crippen molar-refractivity contribution in [2.45, 2.75) is 32.5 Å². The Labute approximate surface area is 126 Å². The van der Waals surface area contributed by atoms with Gasteiger partial charge in [0.05, 0.1) is 5.56 Å². The van der Waals surface area contributed by atoms with Crippen LogP contribution in [0, 0.1) is 0 Å². The van der Waals surface area contributed by atoms with E-state index >= 15 is 0 Å². The van der Waals surface area contributed by atoms with Crippen molar-refractivity contribution in [3.63, 3.8) is 0 Å². The fourth-order valence-electron chi connectivity index (χ4n) is 1.88. The summed E-state index contributed by atoms with van der Waals surface area (Å²) in [5.41, 5.74) is -0.140. The molecule has 22 heavy (non-hydrogen) atoms. The van der Waals surface area contributed by atoms with Gasteiger partial charge in [-0.1, -0.05) is 25.5 Å². The van der Waals surface area contributed by atoms with E-state index in [1.165, 1.54) is 12.1 Å². The molecule has 0 fully saturated rings. The Morgan fingerprint density at radius 2 is 1.86 bits per heavy atom. The maximum Gasteiger partial charge on any atom is 0.416 e. The summed E-state index contributed by atoms with van der Waals surface area (Å²) in [4.78, 5) is 4.32. The van der Waals surface area contributed by atoms with Crippen LogP contribution >= 0.6 is 0 Å². The van der Waals surface area contributed by atoms with Gasteiger partial charge in [-0.2, -0.15) is 18.3 Å². The van der Waals surface area contributed by atoms with Gasteiger partial charge in [0.25, 0.3) is 0 Å². The van der Waals surface area contributed by atoms with Crippen molar-refractivity contribution >= 4 is 0 Å².